The molecule has 3 nitrogen and oxygen atoms in total. The summed E-state index contributed by atoms with van der Waals surface area (Å²) in [6.45, 7) is 1.67. The molecule has 0 amide bonds. The molecule has 0 fully saturated rings. The molecule has 1 atom stereocenters. The minimum Gasteiger partial charge on any atom is -0.481 e. The Hall–Kier alpha value is -2.08. The number of aryl methyl sites for hydroxylation is 1. The molecule has 92 valence electrons. The molecule has 1 unspecified atom stereocenters. The van der Waals surface area contributed by atoms with Crippen LogP contribution < -0.4 is 4.74 Å². The molecule has 18 heavy (non-hydrogen) atoms. The predicted octanol–water partition coefficient (Wildman–Crippen LogP) is 1.89. The summed E-state index contributed by atoms with van der Waals surface area (Å²) < 4.78 is 5.34. The van der Waals surface area contributed by atoms with Crippen molar-refractivity contribution in [3.05, 3.63) is 29.3 Å². The number of ketones is 2. The molecule has 1 aromatic rings. The second-order valence-electron chi connectivity index (χ2n) is 4.36. The van der Waals surface area contributed by atoms with E-state index in [1.165, 1.54) is 6.92 Å². The predicted molar refractivity (Wildman–Crippen MR) is 67.5 cm³/mol. The molecule has 0 heterocycles. The summed E-state index contributed by atoms with van der Waals surface area (Å²) >= 11 is 0. The Bertz CT molecular complexity index is 537. The van der Waals surface area contributed by atoms with E-state index >= 15 is 0 Å². The van der Waals surface area contributed by atoms with Crippen LogP contribution in [-0.4, -0.2) is 18.2 Å². The third-order valence-corrected chi connectivity index (χ3v) is 3.12. The van der Waals surface area contributed by atoms with Crippen LogP contribution in [-0.2, 0) is 16.0 Å². The summed E-state index contributed by atoms with van der Waals surface area (Å²) in [5.74, 6) is 2.39. The van der Waals surface area contributed by atoms with Gasteiger partial charge in [0.25, 0.3) is 0 Å². The van der Waals surface area contributed by atoms with Crippen molar-refractivity contribution in [2.24, 2.45) is 0 Å². The molecular formula is C15H14O3. The Morgan fingerprint density at radius 3 is 2.94 bits per heavy atom. The Balaban J connectivity index is 2.34. The van der Waals surface area contributed by atoms with E-state index in [0.29, 0.717) is 18.6 Å². The summed E-state index contributed by atoms with van der Waals surface area (Å²) in [4.78, 5) is 23.3. The Morgan fingerprint density at radius 2 is 2.28 bits per heavy atom. The number of fused-ring (bicyclic) bond motifs is 1. The smallest absolute Gasteiger partial charge is 0.148 e. The number of ether oxygens (including phenoxy) is 1. The molecule has 0 saturated carbocycles. The number of terminal acetylenes is 1. The molecular weight excluding hydrogens is 228 g/mol. The largest absolute Gasteiger partial charge is 0.481 e. The Kier molecular flexibility index (Phi) is 3.47. The number of hydrogen-bond donors (Lipinski definition) is 0. The van der Waals surface area contributed by atoms with Crippen molar-refractivity contribution in [1.82, 2.24) is 0 Å². The lowest BCUT2D eigenvalue weighted by Gasteiger charge is -2.22. The van der Waals surface area contributed by atoms with Crippen molar-refractivity contribution in [3.63, 3.8) is 0 Å². The molecule has 1 aliphatic carbocycles. The SMILES string of the molecule is C#CCOc1ccc2c(c1)CCC(=O)C2C(C)=O. The number of carbonyl (C=O) groups excluding carboxylic acids is 2. The van der Waals surface area contributed by atoms with E-state index in [-0.39, 0.29) is 18.2 Å². The van der Waals surface area contributed by atoms with Crippen LogP contribution in [0, 0.1) is 12.3 Å². The van der Waals surface area contributed by atoms with Crippen LogP contribution in [0.15, 0.2) is 18.2 Å². The van der Waals surface area contributed by atoms with Gasteiger partial charge in [-0.1, -0.05) is 12.0 Å². The van der Waals surface area contributed by atoms with Gasteiger partial charge in [0.05, 0.1) is 0 Å². The second kappa shape index (κ2) is 5.05. The van der Waals surface area contributed by atoms with Crippen LogP contribution in [0.1, 0.15) is 30.4 Å². The maximum absolute atomic E-state index is 11.8. The third-order valence-electron chi connectivity index (χ3n) is 3.12. The monoisotopic (exact) mass is 242 g/mol. The van der Waals surface area contributed by atoms with Gasteiger partial charge >= 0.3 is 0 Å². The highest BCUT2D eigenvalue weighted by atomic mass is 16.5. The van der Waals surface area contributed by atoms with Crippen LogP contribution in [0.5, 0.6) is 5.75 Å². The first kappa shape index (κ1) is 12.4. The zero-order chi connectivity index (χ0) is 13.1. The lowest BCUT2D eigenvalue weighted by atomic mass is 9.80. The molecule has 0 bridgehead atoms. The van der Waals surface area contributed by atoms with Crippen molar-refractivity contribution in [2.45, 2.75) is 25.7 Å². The third kappa shape index (κ3) is 2.28. The van der Waals surface area contributed by atoms with Gasteiger partial charge in [0.1, 0.15) is 29.8 Å². The van der Waals surface area contributed by atoms with Gasteiger partial charge in [-0.2, -0.15) is 0 Å². The molecule has 2 rings (SSSR count). The summed E-state index contributed by atoms with van der Waals surface area (Å²) in [5.41, 5.74) is 1.82. The highest BCUT2D eigenvalue weighted by molar-refractivity contribution is 6.07. The summed E-state index contributed by atoms with van der Waals surface area (Å²) in [7, 11) is 0. The van der Waals surface area contributed by atoms with Gasteiger partial charge in [0.2, 0.25) is 0 Å². The highest BCUT2D eigenvalue weighted by Gasteiger charge is 2.31. The molecule has 3 heteroatoms. The second-order valence-corrected chi connectivity index (χ2v) is 4.36. The zero-order valence-electron chi connectivity index (χ0n) is 10.2. The van der Waals surface area contributed by atoms with E-state index < -0.39 is 5.92 Å². The quantitative estimate of drug-likeness (QED) is 0.600. The minimum atomic E-state index is -0.601. The van der Waals surface area contributed by atoms with Crippen LogP contribution in [0.3, 0.4) is 0 Å². The molecule has 0 spiro atoms. The molecule has 0 aromatic heterocycles. The van der Waals surface area contributed by atoms with Crippen LogP contribution in [0.4, 0.5) is 0 Å². The topological polar surface area (TPSA) is 43.4 Å². The zero-order valence-corrected chi connectivity index (χ0v) is 10.2. The number of carbonyl (C=O) groups is 2. The van der Waals surface area contributed by atoms with Crippen molar-refractivity contribution >= 4 is 11.6 Å². The van der Waals surface area contributed by atoms with Gasteiger partial charge in [-0.25, -0.2) is 0 Å². The number of Topliss-reactive ketones (excluding diaryl/α,β-unsaturated/α-hetero) is 2. The van der Waals surface area contributed by atoms with E-state index in [1.54, 1.807) is 12.1 Å². The van der Waals surface area contributed by atoms with E-state index in [2.05, 4.69) is 5.92 Å². The van der Waals surface area contributed by atoms with E-state index in [4.69, 9.17) is 11.2 Å². The lowest BCUT2D eigenvalue weighted by molar-refractivity contribution is -0.128. The summed E-state index contributed by atoms with van der Waals surface area (Å²) in [6, 6.07) is 5.42. The van der Waals surface area contributed by atoms with Gasteiger partial charge < -0.3 is 4.74 Å². The first-order chi connectivity index (χ1) is 8.63. The molecule has 1 aromatic carbocycles. The van der Waals surface area contributed by atoms with Crippen molar-refractivity contribution < 1.29 is 14.3 Å². The van der Waals surface area contributed by atoms with Crippen LogP contribution in [0.2, 0.25) is 0 Å². The van der Waals surface area contributed by atoms with Gasteiger partial charge in [0.15, 0.2) is 0 Å². The summed E-state index contributed by atoms with van der Waals surface area (Å²) in [6.07, 6.45) is 6.20. The normalized spacial score (nSPS) is 17.8. The highest BCUT2D eigenvalue weighted by Crippen LogP contribution is 2.32. The van der Waals surface area contributed by atoms with E-state index in [9.17, 15) is 9.59 Å². The van der Waals surface area contributed by atoms with Gasteiger partial charge in [-0.05, 0) is 36.6 Å². The fraction of sp³-hybridized carbons (Fsp3) is 0.333. The fourth-order valence-corrected chi connectivity index (χ4v) is 2.32. The van der Waals surface area contributed by atoms with Crippen molar-refractivity contribution in [2.75, 3.05) is 6.61 Å². The van der Waals surface area contributed by atoms with E-state index in [0.717, 1.165) is 11.1 Å². The van der Waals surface area contributed by atoms with Crippen molar-refractivity contribution in [3.8, 4) is 18.1 Å². The standard InChI is InChI=1S/C15H14O3/c1-3-8-18-12-5-6-13-11(9-12)4-7-14(17)15(13)10(2)16/h1,5-6,9,15H,4,7-8H2,2H3. The lowest BCUT2D eigenvalue weighted by Crippen LogP contribution is -2.25. The molecule has 0 radical (unpaired) electrons. The number of hydrogen-bond acceptors (Lipinski definition) is 3. The number of benzene rings is 1. The fourth-order valence-electron chi connectivity index (χ4n) is 2.32. The molecule has 1 aliphatic rings. The first-order valence-electron chi connectivity index (χ1n) is 5.85. The van der Waals surface area contributed by atoms with Crippen LogP contribution >= 0.6 is 0 Å². The first-order valence-corrected chi connectivity index (χ1v) is 5.85. The van der Waals surface area contributed by atoms with Gasteiger partial charge in [-0.3, -0.25) is 9.59 Å². The molecule has 0 aliphatic heterocycles. The number of rotatable bonds is 3. The maximum Gasteiger partial charge on any atom is 0.148 e. The average Bonchev–Trinajstić information content (AvgIpc) is 2.35. The minimum absolute atomic E-state index is 0.00675. The molecule has 0 saturated heterocycles. The average molecular weight is 242 g/mol. The Morgan fingerprint density at radius 1 is 1.50 bits per heavy atom. The van der Waals surface area contributed by atoms with Crippen LogP contribution in [0.25, 0.3) is 0 Å². The molecule has 0 N–H and O–H groups in total. The van der Waals surface area contributed by atoms with Gasteiger partial charge in [-0.15, -0.1) is 6.42 Å². The maximum atomic E-state index is 11.8. The van der Waals surface area contributed by atoms with E-state index in [1.807, 2.05) is 6.07 Å². The Labute approximate surface area is 106 Å². The van der Waals surface area contributed by atoms with Gasteiger partial charge in [0, 0.05) is 6.42 Å². The van der Waals surface area contributed by atoms with Crippen molar-refractivity contribution in [1.29, 1.82) is 0 Å². The summed E-state index contributed by atoms with van der Waals surface area (Å²) in [5, 5.41) is 0.